The number of fused-ring (bicyclic) bond motifs is 1. The van der Waals surface area contributed by atoms with E-state index in [0.29, 0.717) is 5.16 Å². The lowest BCUT2D eigenvalue weighted by molar-refractivity contribution is -0.0176. The number of carbonyl (C=O) groups is 2. The minimum Gasteiger partial charge on any atom is -0.395 e. The number of aliphatic hydroxyl groups excluding tert-OH is 1. The zero-order valence-electron chi connectivity index (χ0n) is 24.7. The predicted octanol–water partition coefficient (Wildman–Crippen LogP) is -1.20. The van der Waals surface area contributed by atoms with Gasteiger partial charge >= 0.3 is 29.1 Å². The van der Waals surface area contributed by atoms with Gasteiger partial charge in [0.15, 0.2) is 22.3 Å². The van der Waals surface area contributed by atoms with E-state index >= 15 is 0 Å². The minimum absolute atomic E-state index is 0.0471. The number of hydrogen-bond acceptors (Lipinski definition) is 13. The van der Waals surface area contributed by atoms with Crippen LogP contribution in [0, 0.1) is 9.54 Å². The van der Waals surface area contributed by atoms with Crippen LogP contribution in [0.4, 0.5) is 9.59 Å². The fraction of sp³-hybridized carbons (Fsp3) is 0.652. The monoisotopic (exact) mass is 690 g/mol. The molecule has 2 fully saturated rings. The molecule has 4 rings (SSSR count). The van der Waals surface area contributed by atoms with Gasteiger partial charge in [-0.05, 0) is 31.4 Å². The molecule has 248 valence electrons. The second-order valence-corrected chi connectivity index (χ2v) is 11.4. The Hall–Kier alpha value is -3.41. The average Bonchev–Trinajstić information content (AvgIpc) is 3.42. The molecule has 2 aromatic heterocycles. The van der Waals surface area contributed by atoms with Crippen molar-refractivity contribution < 1.29 is 28.9 Å². The number of thioether (sulfide) groups is 1. The number of aromatic amines is 2. The number of amides is 4. The van der Waals surface area contributed by atoms with E-state index < -0.39 is 42.0 Å². The van der Waals surface area contributed by atoms with Gasteiger partial charge in [0.2, 0.25) is 4.77 Å². The van der Waals surface area contributed by atoms with E-state index in [9.17, 15) is 29.1 Å². The first-order chi connectivity index (χ1) is 21.6. The highest BCUT2D eigenvalue weighted by atomic mass is 32.2. The van der Waals surface area contributed by atoms with Gasteiger partial charge in [0.25, 0.3) is 0 Å². The second-order valence-electron chi connectivity index (χ2n) is 9.64. The van der Waals surface area contributed by atoms with E-state index in [0.717, 1.165) is 13.7 Å². The summed E-state index contributed by atoms with van der Waals surface area (Å²) >= 11 is 11.4. The molecular formula is C23H34N10O9S3. The van der Waals surface area contributed by atoms with Gasteiger partial charge in [-0.1, -0.05) is 11.8 Å². The van der Waals surface area contributed by atoms with Gasteiger partial charge in [-0.25, -0.2) is 37.7 Å². The number of carbonyl (C=O) groups excluding carboxylic acids is 2. The summed E-state index contributed by atoms with van der Waals surface area (Å²) in [4.78, 5) is 81.2. The van der Waals surface area contributed by atoms with E-state index in [4.69, 9.17) is 38.6 Å². The first-order valence-electron chi connectivity index (χ1n) is 13.7. The molecule has 2 atom stereocenters. The molecule has 4 heterocycles. The van der Waals surface area contributed by atoms with Crippen LogP contribution in [0.25, 0.3) is 0 Å². The molecule has 0 spiro atoms. The number of aliphatic hydroxyl groups is 1. The van der Waals surface area contributed by atoms with E-state index in [1.165, 1.54) is 45.6 Å². The van der Waals surface area contributed by atoms with Crippen molar-refractivity contribution in [3.8, 4) is 0 Å². The Morgan fingerprint density at radius 1 is 0.800 bits per heavy atom. The average molecular weight is 691 g/mol. The lowest BCUT2D eigenvalue weighted by atomic mass is 10.3. The van der Waals surface area contributed by atoms with E-state index in [-0.39, 0.29) is 74.3 Å². The van der Waals surface area contributed by atoms with Gasteiger partial charge in [0.1, 0.15) is 13.5 Å². The van der Waals surface area contributed by atoms with Gasteiger partial charge in [-0.3, -0.25) is 14.7 Å². The third-order valence-electron chi connectivity index (χ3n) is 7.04. The van der Waals surface area contributed by atoms with Crippen molar-refractivity contribution in [2.75, 3.05) is 59.9 Å². The molecule has 3 N–H and O–H groups in total. The van der Waals surface area contributed by atoms with E-state index in [1.807, 2.05) is 0 Å². The highest BCUT2D eigenvalue weighted by Gasteiger charge is 2.58. The van der Waals surface area contributed by atoms with Gasteiger partial charge in [0.05, 0.1) is 45.3 Å². The highest BCUT2D eigenvalue weighted by molar-refractivity contribution is 7.99. The third-order valence-corrected chi connectivity index (χ3v) is 8.31. The molecule has 2 saturated heterocycles. The number of hydrogen-bond donors (Lipinski definition) is 3. The highest BCUT2D eigenvalue weighted by Crippen LogP contribution is 2.36. The molecule has 0 radical (unpaired) electrons. The van der Waals surface area contributed by atoms with Gasteiger partial charge in [0, 0.05) is 20.8 Å². The normalized spacial score (nSPS) is 18.0. The lowest BCUT2D eigenvalue weighted by Gasteiger charge is -2.28. The maximum absolute atomic E-state index is 13.5. The number of H-pyrrole nitrogens is 2. The van der Waals surface area contributed by atoms with Crippen LogP contribution in [0.2, 0.25) is 0 Å². The second kappa shape index (κ2) is 15.2. The van der Waals surface area contributed by atoms with Crippen LogP contribution in [0.5, 0.6) is 0 Å². The molecule has 0 aromatic carbocycles. The summed E-state index contributed by atoms with van der Waals surface area (Å²) in [5, 5.41) is 9.74. The van der Waals surface area contributed by atoms with Gasteiger partial charge in [-0.15, -0.1) is 0 Å². The molecule has 2 aliphatic rings. The van der Waals surface area contributed by atoms with Crippen LogP contribution in [0.3, 0.4) is 0 Å². The molecule has 2 aliphatic heterocycles. The van der Waals surface area contributed by atoms with Crippen LogP contribution in [0.15, 0.2) is 19.5 Å². The zero-order valence-corrected chi connectivity index (χ0v) is 27.2. The lowest BCUT2D eigenvalue weighted by Crippen LogP contribution is -2.55. The SMILES string of the molecule is CCN1C(=O)N(COCCn2c(=O)n(CCO)c(=O)n(CCOC)c2=O)C2C1N(CSc1nc(=S)[nH]c(=S)[nH]1)C(=O)N2COC. The van der Waals surface area contributed by atoms with Crippen molar-refractivity contribution in [1.29, 1.82) is 0 Å². The smallest absolute Gasteiger partial charge is 0.336 e. The largest absolute Gasteiger partial charge is 0.395 e. The molecule has 0 saturated carbocycles. The summed E-state index contributed by atoms with van der Waals surface area (Å²) in [5.41, 5.74) is -2.62. The molecule has 2 unspecified atom stereocenters. The van der Waals surface area contributed by atoms with Crippen LogP contribution in [-0.2, 0) is 33.8 Å². The van der Waals surface area contributed by atoms with Crippen LogP contribution < -0.4 is 17.1 Å². The molecule has 4 amide bonds. The Morgan fingerprint density at radius 2 is 1.38 bits per heavy atom. The van der Waals surface area contributed by atoms with Gasteiger partial charge in [-0.2, -0.15) is 4.98 Å². The summed E-state index contributed by atoms with van der Waals surface area (Å²) < 4.78 is 18.9. The molecule has 45 heavy (non-hydrogen) atoms. The summed E-state index contributed by atoms with van der Waals surface area (Å²) in [5.74, 6) is 0.109. The topological polar surface area (TPSA) is 205 Å². The Morgan fingerprint density at radius 3 is 1.96 bits per heavy atom. The van der Waals surface area contributed by atoms with Gasteiger partial charge < -0.3 is 34.2 Å². The van der Waals surface area contributed by atoms with Crippen molar-refractivity contribution >= 4 is 48.3 Å². The fourth-order valence-corrected chi connectivity index (χ4v) is 6.48. The number of aromatic nitrogens is 6. The first-order valence-corrected chi connectivity index (χ1v) is 15.5. The van der Waals surface area contributed by atoms with Crippen molar-refractivity contribution in [2.24, 2.45) is 0 Å². The van der Waals surface area contributed by atoms with E-state index in [2.05, 4.69) is 15.0 Å². The summed E-state index contributed by atoms with van der Waals surface area (Å²) in [6, 6.07) is -0.782. The molecule has 19 nitrogen and oxygen atoms in total. The number of likely N-dealkylation sites (N-methyl/N-ethyl adjacent to an activating group) is 1. The van der Waals surface area contributed by atoms with Crippen molar-refractivity contribution in [3.63, 3.8) is 0 Å². The van der Waals surface area contributed by atoms with Crippen molar-refractivity contribution in [3.05, 3.63) is 41.0 Å². The number of ether oxygens (including phenoxy) is 3. The molecule has 0 aliphatic carbocycles. The molecular weight excluding hydrogens is 657 g/mol. The zero-order chi connectivity index (χ0) is 32.8. The Kier molecular flexibility index (Phi) is 11.7. The summed E-state index contributed by atoms with van der Waals surface area (Å²) in [6.07, 6.45) is -1.48. The molecule has 2 aromatic rings. The molecule has 0 bridgehead atoms. The Balaban J connectivity index is 1.52. The Bertz CT molecular complexity index is 1660. The number of methoxy groups -OCH3 is 2. The van der Waals surface area contributed by atoms with Crippen LogP contribution >= 0.6 is 36.2 Å². The first kappa shape index (κ1) is 34.5. The standard InChI is InChI=1S/C23H34N10O9S3/c1-4-27-14-15(31(11-41-3)23(39)33(14)13-45-18-25-16(43)24-17(44)26-18)32(19(27)35)12-42-10-7-30-21(37)28(5-8-34)20(36)29(22(30)38)6-9-40-2/h14-15,34H,4-13H2,1-3H3,(H2,24,25,26,43,44). The number of rotatable bonds is 16. The van der Waals surface area contributed by atoms with E-state index in [1.54, 1.807) is 6.92 Å². The number of urea groups is 2. The Labute approximate surface area is 269 Å². The predicted molar refractivity (Wildman–Crippen MR) is 162 cm³/mol. The van der Waals surface area contributed by atoms with Crippen molar-refractivity contribution in [1.82, 2.24) is 48.3 Å². The number of nitrogens with one attached hydrogen (secondary N) is 2. The number of nitrogens with zero attached hydrogens (tertiary/aromatic N) is 8. The fourth-order valence-electron chi connectivity index (χ4n) is 5.05. The quantitative estimate of drug-likeness (QED) is 0.108. The van der Waals surface area contributed by atoms with Crippen molar-refractivity contribution in [2.45, 2.75) is 44.0 Å². The summed E-state index contributed by atoms with van der Waals surface area (Å²) in [6.45, 7) is 0.388. The maximum atomic E-state index is 13.5. The maximum Gasteiger partial charge on any atom is 0.336 e. The third kappa shape index (κ3) is 7.05. The summed E-state index contributed by atoms with van der Waals surface area (Å²) in [7, 11) is 2.83. The van der Waals surface area contributed by atoms with Crippen LogP contribution in [-0.4, -0.2) is 138 Å². The molecule has 22 heteroatoms. The van der Waals surface area contributed by atoms with Crippen LogP contribution in [0.1, 0.15) is 6.92 Å². The minimum atomic E-state index is -0.902.